The lowest BCUT2D eigenvalue weighted by Gasteiger charge is -2.16. The zero-order valence-electron chi connectivity index (χ0n) is 12.7. The highest BCUT2D eigenvalue weighted by Crippen LogP contribution is 2.12. The summed E-state index contributed by atoms with van der Waals surface area (Å²) in [7, 11) is 0. The summed E-state index contributed by atoms with van der Waals surface area (Å²) < 4.78 is 0. The van der Waals surface area contributed by atoms with Crippen LogP contribution < -0.4 is 16.0 Å². The van der Waals surface area contributed by atoms with Crippen molar-refractivity contribution >= 4 is 23.4 Å². The van der Waals surface area contributed by atoms with Crippen molar-refractivity contribution in [1.29, 1.82) is 0 Å². The lowest BCUT2D eigenvalue weighted by Crippen LogP contribution is -2.47. The van der Waals surface area contributed by atoms with E-state index in [4.69, 9.17) is 0 Å². The van der Waals surface area contributed by atoms with Crippen molar-refractivity contribution in [2.75, 3.05) is 5.32 Å². The van der Waals surface area contributed by atoms with Gasteiger partial charge in [0.1, 0.15) is 6.04 Å². The number of hydrogen-bond donors (Lipinski definition) is 3. The molecule has 0 saturated heterocycles. The minimum Gasteiger partial charge on any atom is -0.374 e. The third-order valence-electron chi connectivity index (χ3n) is 2.70. The summed E-state index contributed by atoms with van der Waals surface area (Å²) in [4.78, 5) is 34.6. The first kappa shape index (κ1) is 16.7. The molecule has 3 amide bonds. The monoisotopic (exact) mass is 291 g/mol. The maximum atomic E-state index is 11.9. The van der Waals surface area contributed by atoms with Gasteiger partial charge in [-0.2, -0.15) is 0 Å². The fourth-order valence-corrected chi connectivity index (χ4v) is 1.66. The number of ketones is 1. The third-order valence-corrected chi connectivity index (χ3v) is 2.70. The van der Waals surface area contributed by atoms with E-state index in [1.807, 2.05) is 0 Å². The smallest absolute Gasteiger partial charge is 0.321 e. The van der Waals surface area contributed by atoms with E-state index in [-0.39, 0.29) is 11.8 Å². The second kappa shape index (κ2) is 7.42. The Morgan fingerprint density at radius 1 is 1.10 bits per heavy atom. The Bertz CT molecular complexity index is 541. The van der Waals surface area contributed by atoms with Crippen molar-refractivity contribution in [3.63, 3.8) is 0 Å². The van der Waals surface area contributed by atoms with E-state index < -0.39 is 18.0 Å². The van der Waals surface area contributed by atoms with Crippen LogP contribution in [-0.4, -0.2) is 29.8 Å². The summed E-state index contributed by atoms with van der Waals surface area (Å²) in [6.07, 6.45) is 0. The lowest BCUT2D eigenvalue weighted by molar-refractivity contribution is -0.120. The molecule has 1 rings (SSSR count). The van der Waals surface area contributed by atoms with Crippen LogP contribution in [-0.2, 0) is 4.79 Å². The van der Waals surface area contributed by atoms with Gasteiger partial charge in [0, 0.05) is 17.3 Å². The van der Waals surface area contributed by atoms with Crippen molar-refractivity contribution in [2.24, 2.45) is 0 Å². The minimum atomic E-state index is -0.606. The fraction of sp³-hybridized carbons (Fsp3) is 0.400. The van der Waals surface area contributed by atoms with Gasteiger partial charge in [0.2, 0.25) is 5.91 Å². The summed E-state index contributed by atoms with van der Waals surface area (Å²) in [5, 5.41) is 7.77. The van der Waals surface area contributed by atoms with E-state index >= 15 is 0 Å². The first-order chi connectivity index (χ1) is 9.79. The number of hydrogen-bond acceptors (Lipinski definition) is 4. The van der Waals surface area contributed by atoms with Gasteiger partial charge in [-0.1, -0.05) is 12.1 Å². The molecule has 0 aliphatic heterocycles. The third kappa shape index (κ3) is 5.64. The van der Waals surface area contributed by atoms with E-state index in [2.05, 4.69) is 16.0 Å². The summed E-state index contributed by atoms with van der Waals surface area (Å²) in [5.41, 5.74) is 1.21. The van der Waals surface area contributed by atoms with Crippen LogP contribution in [0, 0.1) is 0 Å². The summed E-state index contributed by atoms with van der Waals surface area (Å²) in [5.74, 6) is -0.492. The Kier molecular flexibility index (Phi) is 5.90. The van der Waals surface area contributed by atoms with Gasteiger partial charge < -0.3 is 10.6 Å². The Balaban J connectivity index is 2.62. The number of carbonyl (C=O) groups is 3. The molecule has 3 N–H and O–H groups in total. The number of imide groups is 1. The quantitative estimate of drug-likeness (QED) is 0.723. The number of Topliss-reactive ketones (excluding diaryl/α,β-unsaturated/α-hetero) is 1. The lowest BCUT2D eigenvalue weighted by atomic mass is 10.1. The van der Waals surface area contributed by atoms with Crippen LogP contribution in [0.5, 0.6) is 0 Å². The van der Waals surface area contributed by atoms with Gasteiger partial charge >= 0.3 is 6.03 Å². The van der Waals surface area contributed by atoms with Crippen LogP contribution in [0.15, 0.2) is 24.3 Å². The molecule has 0 aromatic heterocycles. The van der Waals surface area contributed by atoms with Crippen LogP contribution in [0.3, 0.4) is 0 Å². The standard InChI is InChI=1S/C15H21N3O3/c1-9(2)16-15(21)18-14(20)10(3)17-13-7-5-6-12(8-13)11(4)19/h5-10,17H,1-4H3,(H2,16,18,20,21). The van der Waals surface area contributed by atoms with Crippen molar-refractivity contribution in [2.45, 2.75) is 39.8 Å². The molecule has 6 nitrogen and oxygen atoms in total. The Morgan fingerprint density at radius 3 is 2.33 bits per heavy atom. The van der Waals surface area contributed by atoms with Gasteiger partial charge in [-0.05, 0) is 39.8 Å². The molecule has 1 aromatic carbocycles. The molecule has 0 radical (unpaired) electrons. The van der Waals surface area contributed by atoms with E-state index in [9.17, 15) is 14.4 Å². The fourth-order valence-electron chi connectivity index (χ4n) is 1.66. The van der Waals surface area contributed by atoms with Crippen LogP contribution in [0.4, 0.5) is 10.5 Å². The first-order valence-corrected chi connectivity index (χ1v) is 6.78. The molecule has 1 aromatic rings. The Morgan fingerprint density at radius 2 is 1.76 bits per heavy atom. The van der Waals surface area contributed by atoms with Crippen molar-refractivity contribution in [1.82, 2.24) is 10.6 Å². The number of benzene rings is 1. The van der Waals surface area contributed by atoms with E-state index in [0.29, 0.717) is 11.3 Å². The molecule has 21 heavy (non-hydrogen) atoms. The van der Waals surface area contributed by atoms with Gasteiger partial charge in [-0.3, -0.25) is 14.9 Å². The molecule has 0 saturated carbocycles. The van der Waals surface area contributed by atoms with Crippen molar-refractivity contribution < 1.29 is 14.4 Å². The normalized spacial score (nSPS) is 11.7. The number of anilines is 1. The maximum absolute atomic E-state index is 11.9. The number of urea groups is 1. The predicted octanol–water partition coefficient (Wildman–Crippen LogP) is 1.92. The van der Waals surface area contributed by atoms with Crippen LogP contribution in [0.1, 0.15) is 38.1 Å². The van der Waals surface area contributed by atoms with Gasteiger partial charge in [-0.25, -0.2) is 4.79 Å². The highest BCUT2D eigenvalue weighted by molar-refractivity contribution is 5.98. The molecule has 0 aliphatic carbocycles. The first-order valence-electron chi connectivity index (χ1n) is 6.78. The number of rotatable bonds is 5. The van der Waals surface area contributed by atoms with E-state index in [1.165, 1.54) is 6.92 Å². The summed E-state index contributed by atoms with van der Waals surface area (Å²) in [6, 6.07) is 5.67. The molecule has 1 unspecified atom stereocenters. The molecular formula is C15H21N3O3. The molecule has 114 valence electrons. The zero-order chi connectivity index (χ0) is 16.0. The average Bonchev–Trinajstić information content (AvgIpc) is 2.37. The topological polar surface area (TPSA) is 87.3 Å². The largest absolute Gasteiger partial charge is 0.374 e. The SMILES string of the molecule is CC(=O)c1cccc(NC(C)C(=O)NC(=O)NC(C)C)c1. The molecule has 0 fully saturated rings. The zero-order valence-corrected chi connectivity index (χ0v) is 12.7. The van der Waals surface area contributed by atoms with Gasteiger partial charge in [0.15, 0.2) is 5.78 Å². The van der Waals surface area contributed by atoms with Crippen LogP contribution in [0.25, 0.3) is 0 Å². The van der Waals surface area contributed by atoms with Crippen LogP contribution >= 0.6 is 0 Å². The highest BCUT2D eigenvalue weighted by atomic mass is 16.2. The van der Waals surface area contributed by atoms with Crippen LogP contribution in [0.2, 0.25) is 0 Å². The number of amides is 3. The van der Waals surface area contributed by atoms with Crippen molar-refractivity contribution in [3.05, 3.63) is 29.8 Å². The molecule has 0 aliphatic rings. The Labute approximate surface area is 124 Å². The number of nitrogens with one attached hydrogen (secondary N) is 3. The predicted molar refractivity (Wildman–Crippen MR) is 81.3 cm³/mol. The number of carbonyl (C=O) groups excluding carboxylic acids is 3. The second-order valence-corrected chi connectivity index (χ2v) is 5.12. The summed E-state index contributed by atoms with van der Waals surface area (Å²) in [6.45, 7) is 6.72. The second-order valence-electron chi connectivity index (χ2n) is 5.12. The minimum absolute atomic E-state index is 0.0479. The molecule has 6 heteroatoms. The summed E-state index contributed by atoms with van der Waals surface area (Å²) >= 11 is 0. The van der Waals surface area contributed by atoms with E-state index in [1.54, 1.807) is 45.0 Å². The van der Waals surface area contributed by atoms with Gasteiger partial charge in [-0.15, -0.1) is 0 Å². The molecule has 0 heterocycles. The Hall–Kier alpha value is -2.37. The molecule has 0 bridgehead atoms. The molecular weight excluding hydrogens is 270 g/mol. The van der Waals surface area contributed by atoms with Gasteiger partial charge in [0.05, 0.1) is 0 Å². The molecule has 0 spiro atoms. The molecule has 1 atom stereocenters. The van der Waals surface area contributed by atoms with E-state index in [0.717, 1.165) is 0 Å². The maximum Gasteiger partial charge on any atom is 0.321 e. The average molecular weight is 291 g/mol. The highest BCUT2D eigenvalue weighted by Gasteiger charge is 2.16. The van der Waals surface area contributed by atoms with Gasteiger partial charge in [0.25, 0.3) is 0 Å². The van der Waals surface area contributed by atoms with Crippen molar-refractivity contribution in [3.8, 4) is 0 Å².